The Hall–Kier alpha value is -3.04. The van der Waals surface area contributed by atoms with E-state index >= 15 is 0 Å². The van der Waals surface area contributed by atoms with Crippen LogP contribution < -0.4 is 5.32 Å². The lowest BCUT2D eigenvalue weighted by Gasteiger charge is -2.02. The van der Waals surface area contributed by atoms with Crippen molar-refractivity contribution in [1.29, 1.82) is 5.26 Å². The van der Waals surface area contributed by atoms with E-state index < -0.39 is 0 Å². The molecule has 0 radical (unpaired) electrons. The molecule has 0 fully saturated rings. The van der Waals surface area contributed by atoms with Gasteiger partial charge in [0.25, 0.3) is 0 Å². The lowest BCUT2D eigenvalue weighted by Crippen LogP contribution is -2.30. The molecule has 1 heterocycles. The standard InChI is InChI=1S/C21H19N3O2S/c22-11-5-4-8-17(25)14-23-20(26)13-21-24-18-10-9-16(12-19(18)27-21)15-6-2-1-3-7-15/h1-3,6-7,9-10,12H,4-5,8,13-14H2,(H,23,26). The molecule has 2 aromatic carbocycles. The van der Waals surface area contributed by atoms with Crippen molar-refractivity contribution in [1.82, 2.24) is 10.3 Å². The highest BCUT2D eigenvalue weighted by Crippen LogP contribution is 2.28. The van der Waals surface area contributed by atoms with Gasteiger partial charge in [-0.3, -0.25) is 9.59 Å². The molecule has 136 valence electrons. The van der Waals surface area contributed by atoms with Gasteiger partial charge in [0.2, 0.25) is 5.91 Å². The van der Waals surface area contributed by atoms with Gasteiger partial charge in [0.15, 0.2) is 5.78 Å². The number of rotatable bonds is 8. The lowest BCUT2D eigenvalue weighted by atomic mass is 10.1. The number of nitrogens with zero attached hydrogens (tertiary/aromatic N) is 2. The van der Waals surface area contributed by atoms with Crippen LogP contribution in [0.25, 0.3) is 21.3 Å². The number of thiazole rings is 1. The molecular formula is C21H19N3O2S. The minimum absolute atomic E-state index is 0.00725. The summed E-state index contributed by atoms with van der Waals surface area (Å²) < 4.78 is 1.03. The predicted octanol–water partition coefficient (Wildman–Crippen LogP) is 3.88. The van der Waals surface area contributed by atoms with E-state index in [9.17, 15) is 9.59 Å². The minimum Gasteiger partial charge on any atom is -0.349 e. The highest BCUT2D eigenvalue weighted by Gasteiger charge is 2.11. The van der Waals surface area contributed by atoms with Crippen molar-refractivity contribution in [2.75, 3.05) is 6.54 Å². The van der Waals surface area contributed by atoms with Gasteiger partial charge < -0.3 is 5.32 Å². The number of aromatic nitrogens is 1. The molecule has 0 unspecified atom stereocenters. The number of fused-ring (bicyclic) bond motifs is 1. The Bertz CT molecular complexity index is 990. The smallest absolute Gasteiger partial charge is 0.227 e. The molecular weight excluding hydrogens is 358 g/mol. The number of carbonyl (C=O) groups is 2. The normalized spacial score (nSPS) is 10.5. The number of nitrogens with one attached hydrogen (secondary N) is 1. The summed E-state index contributed by atoms with van der Waals surface area (Å²) in [6.07, 6.45) is 1.37. The minimum atomic E-state index is -0.217. The molecule has 0 saturated carbocycles. The maximum absolute atomic E-state index is 12.1. The Kier molecular flexibility index (Phi) is 6.29. The zero-order valence-electron chi connectivity index (χ0n) is 14.8. The Morgan fingerprint density at radius 1 is 1.11 bits per heavy atom. The van der Waals surface area contributed by atoms with E-state index in [1.54, 1.807) is 0 Å². The number of carbonyl (C=O) groups excluding carboxylic acids is 2. The molecule has 6 heteroatoms. The van der Waals surface area contributed by atoms with Crippen LogP contribution >= 0.6 is 11.3 Å². The van der Waals surface area contributed by atoms with E-state index in [0.29, 0.717) is 19.3 Å². The number of Topliss-reactive ketones (excluding diaryl/α,β-unsaturated/α-hetero) is 1. The average molecular weight is 377 g/mol. The van der Waals surface area contributed by atoms with E-state index in [1.165, 1.54) is 11.3 Å². The summed E-state index contributed by atoms with van der Waals surface area (Å²) in [6.45, 7) is 0.00725. The average Bonchev–Trinajstić information content (AvgIpc) is 3.08. The van der Waals surface area contributed by atoms with Crippen LogP contribution in [0.2, 0.25) is 0 Å². The van der Waals surface area contributed by atoms with E-state index in [0.717, 1.165) is 26.4 Å². The highest BCUT2D eigenvalue weighted by atomic mass is 32.1. The Labute approximate surface area is 161 Å². The molecule has 0 aliphatic heterocycles. The summed E-state index contributed by atoms with van der Waals surface area (Å²) in [5, 5.41) is 11.8. The number of nitriles is 1. The zero-order chi connectivity index (χ0) is 19.1. The molecule has 0 aliphatic carbocycles. The second-order valence-electron chi connectivity index (χ2n) is 6.16. The van der Waals surface area contributed by atoms with Crippen LogP contribution in [0.5, 0.6) is 0 Å². The fourth-order valence-corrected chi connectivity index (χ4v) is 3.71. The van der Waals surface area contributed by atoms with Crippen molar-refractivity contribution in [2.24, 2.45) is 0 Å². The van der Waals surface area contributed by atoms with Crippen LogP contribution in [0, 0.1) is 11.3 Å². The largest absolute Gasteiger partial charge is 0.349 e. The van der Waals surface area contributed by atoms with Gasteiger partial charge in [0.05, 0.1) is 29.3 Å². The van der Waals surface area contributed by atoms with Crippen molar-refractivity contribution in [3.05, 3.63) is 53.5 Å². The first-order valence-electron chi connectivity index (χ1n) is 8.76. The fourth-order valence-electron chi connectivity index (χ4n) is 2.71. The van der Waals surface area contributed by atoms with Gasteiger partial charge in [-0.05, 0) is 29.7 Å². The van der Waals surface area contributed by atoms with Crippen LogP contribution in [-0.4, -0.2) is 23.2 Å². The van der Waals surface area contributed by atoms with Gasteiger partial charge in [0.1, 0.15) is 5.01 Å². The number of unbranched alkanes of at least 4 members (excludes halogenated alkanes) is 1. The molecule has 1 amide bonds. The van der Waals surface area contributed by atoms with E-state index in [-0.39, 0.29) is 24.7 Å². The molecule has 27 heavy (non-hydrogen) atoms. The van der Waals surface area contributed by atoms with E-state index in [1.807, 2.05) is 36.4 Å². The third-order valence-electron chi connectivity index (χ3n) is 4.08. The van der Waals surface area contributed by atoms with Crippen molar-refractivity contribution >= 4 is 33.2 Å². The summed E-state index contributed by atoms with van der Waals surface area (Å²) in [4.78, 5) is 28.2. The summed E-state index contributed by atoms with van der Waals surface area (Å²) in [7, 11) is 0. The number of benzene rings is 2. The van der Waals surface area contributed by atoms with Crippen LogP contribution in [0.1, 0.15) is 24.3 Å². The van der Waals surface area contributed by atoms with E-state index in [2.05, 4.69) is 28.5 Å². The first kappa shape index (κ1) is 18.7. The fraction of sp³-hybridized carbons (Fsp3) is 0.238. The highest BCUT2D eigenvalue weighted by molar-refractivity contribution is 7.18. The van der Waals surface area contributed by atoms with Gasteiger partial charge in [-0.25, -0.2) is 4.98 Å². The SMILES string of the molecule is N#CCCCC(=O)CNC(=O)Cc1nc2ccc(-c3ccccc3)cc2s1. The maximum Gasteiger partial charge on any atom is 0.227 e. The van der Waals surface area contributed by atoms with Crippen molar-refractivity contribution in [3.63, 3.8) is 0 Å². The Balaban J connectivity index is 1.60. The van der Waals surface area contributed by atoms with Gasteiger partial charge in [-0.1, -0.05) is 36.4 Å². The molecule has 0 atom stereocenters. The first-order valence-corrected chi connectivity index (χ1v) is 9.57. The van der Waals surface area contributed by atoms with E-state index in [4.69, 9.17) is 5.26 Å². The monoisotopic (exact) mass is 377 g/mol. The molecule has 0 aliphatic rings. The summed E-state index contributed by atoms with van der Waals surface area (Å²) in [6, 6.07) is 18.2. The lowest BCUT2D eigenvalue weighted by molar-refractivity contribution is -0.124. The van der Waals surface area contributed by atoms with Gasteiger partial charge in [-0.2, -0.15) is 5.26 Å². The topological polar surface area (TPSA) is 82.9 Å². The number of hydrogen-bond acceptors (Lipinski definition) is 5. The van der Waals surface area contributed by atoms with Crippen molar-refractivity contribution in [2.45, 2.75) is 25.7 Å². The molecule has 3 aromatic rings. The van der Waals surface area contributed by atoms with Gasteiger partial charge >= 0.3 is 0 Å². The molecule has 3 rings (SSSR count). The third kappa shape index (κ3) is 5.22. The molecule has 1 N–H and O–H groups in total. The van der Waals surface area contributed by atoms with Crippen LogP contribution in [0.15, 0.2) is 48.5 Å². The summed E-state index contributed by atoms with van der Waals surface area (Å²) >= 11 is 1.49. The van der Waals surface area contributed by atoms with Crippen LogP contribution in [0.4, 0.5) is 0 Å². The number of hydrogen-bond donors (Lipinski definition) is 1. The van der Waals surface area contributed by atoms with Gasteiger partial charge in [0, 0.05) is 12.8 Å². The zero-order valence-corrected chi connectivity index (χ0v) is 15.6. The Morgan fingerprint density at radius 2 is 1.93 bits per heavy atom. The molecule has 0 bridgehead atoms. The quantitative estimate of drug-likeness (QED) is 0.604. The molecule has 5 nitrogen and oxygen atoms in total. The number of amides is 1. The molecule has 0 saturated heterocycles. The number of ketones is 1. The Morgan fingerprint density at radius 3 is 2.70 bits per heavy atom. The maximum atomic E-state index is 12.1. The van der Waals surface area contributed by atoms with Gasteiger partial charge in [-0.15, -0.1) is 11.3 Å². The van der Waals surface area contributed by atoms with Crippen molar-refractivity contribution in [3.8, 4) is 17.2 Å². The second kappa shape index (κ2) is 9.06. The first-order chi connectivity index (χ1) is 13.2. The predicted molar refractivity (Wildman–Crippen MR) is 106 cm³/mol. The molecule has 0 spiro atoms. The third-order valence-corrected chi connectivity index (χ3v) is 5.10. The van der Waals surface area contributed by atoms with Crippen LogP contribution in [-0.2, 0) is 16.0 Å². The summed E-state index contributed by atoms with van der Waals surface area (Å²) in [5.41, 5.74) is 3.13. The molecule has 1 aromatic heterocycles. The summed E-state index contributed by atoms with van der Waals surface area (Å²) in [5.74, 6) is -0.277. The second-order valence-corrected chi connectivity index (χ2v) is 7.28. The van der Waals surface area contributed by atoms with Crippen LogP contribution in [0.3, 0.4) is 0 Å². The van der Waals surface area contributed by atoms with Crippen molar-refractivity contribution < 1.29 is 9.59 Å².